The summed E-state index contributed by atoms with van der Waals surface area (Å²) in [7, 11) is 0. The molecule has 0 N–H and O–H groups in total. The van der Waals surface area contributed by atoms with E-state index in [-0.39, 0.29) is 0 Å². The van der Waals surface area contributed by atoms with Gasteiger partial charge in [-0.15, -0.1) is 0 Å². The SMILES string of the molecule is CCC1CCc2cc(C(C)(C)C)ccc21. The average Bonchev–Trinajstić information content (AvgIpc) is 2.58. The maximum Gasteiger partial charge on any atom is -0.0132 e. The molecule has 0 aromatic heterocycles. The fourth-order valence-corrected chi connectivity index (χ4v) is 2.60. The van der Waals surface area contributed by atoms with Crippen LogP contribution < -0.4 is 0 Å². The molecule has 1 unspecified atom stereocenters. The topological polar surface area (TPSA) is 0 Å². The van der Waals surface area contributed by atoms with Crippen LogP contribution in [0.25, 0.3) is 0 Å². The first-order valence-corrected chi connectivity index (χ1v) is 6.15. The van der Waals surface area contributed by atoms with E-state index < -0.39 is 0 Å². The third-order valence-corrected chi connectivity index (χ3v) is 3.70. The van der Waals surface area contributed by atoms with E-state index in [1.807, 2.05) is 0 Å². The lowest BCUT2D eigenvalue weighted by Gasteiger charge is -2.20. The van der Waals surface area contributed by atoms with Gasteiger partial charge in [0.1, 0.15) is 0 Å². The first kappa shape index (κ1) is 10.7. The van der Waals surface area contributed by atoms with Crippen molar-refractivity contribution in [3.63, 3.8) is 0 Å². The molecule has 0 heteroatoms. The van der Waals surface area contributed by atoms with Crippen molar-refractivity contribution in [1.29, 1.82) is 0 Å². The van der Waals surface area contributed by atoms with E-state index in [9.17, 15) is 0 Å². The van der Waals surface area contributed by atoms with Gasteiger partial charge in [-0.2, -0.15) is 0 Å². The van der Waals surface area contributed by atoms with E-state index in [1.54, 1.807) is 11.1 Å². The summed E-state index contributed by atoms with van der Waals surface area (Å²) < 4.78 is 0. The van der Waals surface area contributed by atoms with Crippen molar-refractivity contribution in [3.05, 3.63) is 34.9 Å². The molecule has 0 bridgehead atoms. The average molecular weight is 202 g/mol. The Morgan fingerprint density at radius 2 is 2.00 bits per heavy atom. The summed E-state index contributed by atoms with van der Waals surface area (Å²) in [5.74, 6) is 0.828. The molecule has 82 valence electrons. The largest absolute Gasteiger partial charge is 0.0648 e. The van der Waals surface area contributed by atoms with Crippen LogP contribution in [0.4, 0.5) is 0 Å². The summed E-state index contributed by atoms with van der Waals surface area (Å²) in [6, 6.07) is 7.13. The highest BCUT2D eigenvalue weighted by atomic mass is 14.3. The molecular formula is C15H22. The van der Waals surface area contributed by atoms with Crippen molar-refractivity contribution in [3.8, 4) is 0 Å². The Balaban J connectivity index is 2.37. The fraction of sp³-hybridized carbons (Fsp3) is 0.600. The zero-order valence-electron chi connectivity index (χ0n) is 10.4. The summed E-state index contributed by atoms with van der Waals surface area (Å²) in [5, 5.41) is 0. The van der Waals surface area contributed by atoms with Crippen molar-refractivity contribution in [2.75, 3.05) is 0 Å². The van der Waals surface area contributed by atoms with Gasteiger partial charge in [0.2, 0.25) is 0 Å². The number of benzene rings is 1. The van der Waals surface area contributed by atoms with E-state index in [4.69, 9.17) is 0 Å². The highest BCUT2D eigenvalue weighted by Gasteiger charge is 2.23. The van der Waals surface area contributed by atoms with Gasteiger partial charge in [-0.05, 0) is 47.3 Å². The molecule has 1 aliphatic carbocycles. The number of fused-ring (bicyclic) bond motifs is 1. The Morgan fingerprint density at radius 1 is 1.27 bits per heavy atom. The van der Waals surface area contributed by atoms with Gasteiger partial charge in [0.15, 0.2) is 0 Å². The molecule has 2 rings (SSSR count). The molecule has 0 saturated carbocycles. The number of aryl methyl sites for hydroxylation is 1. The van der Waals surface area contributed by atoms with Crippen LogP contribution >= 0.6 is 0 Å². The van der Waals surface area contributed by atoms with Crippen LogP contribution in [0.2, 0.25) is 0 Å². The van der Waals surface area contributed by atoms with Crippen LogP contribution in [0.5, 0.6) is 0 Å². The number of rotatable bonds is 1. The normalized spacial score (nSPS) is 20.4. The molecule has 0 saturated heterocycles. The van der Waals surface area contributed by atoms with Crippen molar-refractivity contribution in [2.45, 2.75) is 58.3 Å². The molecule has 0 amide bonds. The molecule has 1 aliphatic rings. The second-order valence-corrected chi connectivity index (χ2v) is 5.81. The van der Waals surface area contributed by atoms with Gasteiger partial charge < -0.3 is 0 Å². The molecule has 0 aliphatic heterocycles. The first-order chi connectivity index (χ1) is 7.02. The minimum atomic E-state index is 0.291. The molecule has 0 fully saturated rings. The molecule has 1 aromatic rings. The monoisotopic (exact) mass is 202 g/mol. The zero-order chi connectivity index (χ0) is 11.1. The maximum absolute atomic E-state index is 2.44. The van der Waals surface area contributed by atoms with E-state index in [2.05, 4.69) is 45.9 Å². The molecule has 0 heterocycles. The Hall–Kier alpha value is -0.780. The standard InChI is InChI=1S/C15H22/c1-5-11-6-7-12-10-13(15(2,3)4)8-9-14(11)12/h8-11H,5-7H2,1-4H3. The van der Waals surface area contributed by atoms with Crippen molar-refractivity contribution < 1.29 is 0 Å². The Bertz CT molecular complexity index is 355. The van der Waals surface area contributed by atoms with Crippen molar-refractivity contribution >= 4 is 0 Å². The minimum absolute atomic E-state index is 0.291. The molecule has 0 radical (unpaired) electrons. The van der Waals surface area contributed by atoms with Gasteiger partial charge in [-0.1, -0.05) is 45.9 Å². The Labute approximate surface area is 93.7 Å². The van der Waals surface area contributed by atoms with Crippen LogP contribution in [0.1, 0.15) is 63.1 Å². The lowest BCUT2D eigenvalue weighted by atomic mass is 9.85. The maximum atomic E-state index is 2.44. The van der Waals surface area contributed by atoms with Gasteiger partial charge in [-0.3, -0.25) is 0 Å². The summed E-state index contributed by atoms with van der Waals surface area (Å²) in [6.07, 6.45) is 3.94. The second-order valence-electron chi connectivity index (χ2n) is 5.81. The molecule has 15 heavy (non-hydrogen) atoms. The van der Waals surface area contributed by atoms with Gasteiger partial charge in [0, 0.05) is 0 Å². The van der Waals surface area contributed by atoms with Crippen LogP contribution in [-0.4, -0.2) is 0 Å². The molecule has 1 aromatic carbocycles. The smallest absolute Gasteiger partial charge is 0.0132 e. The van der Waals surface area contributed by atoms with Gasteiger partial charge >= 0.3 is 0 Å². The summed E-state index contributed by atoms with van der Waals surface area (Å²) >= 11 is 0. The zero-order valence-corrected chi connectivity index (χ0v) is 10.4. The van der Waals surface area contributed by atoms with Gasteiger partial charge in [0.05, 0.1) is 0 Å². The molecule has 0 spiro atoms. The van der Waals surface area contributed by atoms with E-state index in [0.717, 1.165) is 5.92 Å². The van der Waals surface area contributed by atoms with Gasteiger partial charge in [-0.25, -0.2) is 0 Å². The van der Waals surface area contributed by atoms with E-state index in [0.29, 0.717) is 5.41 Å². The van der Waals surface area contributed by atoms with Crippen LogP contribution in [-0.2, 0) is 11.8 Å². The van der Waals surface area contributed by atoms with Crippen LogP contribution in [0.3, 0.4) is 0 Å². The lowest BCUT2D eigenvalue weighted by molar-refractivity contribution is 0.589. The third kappa shape index (κ3) is 1.95. The predicted octanol–water partition coefficient (Wildman–Crippen LogP) is 4.42. The minimum Gasteiger partial charge on any atom is -0.0648 e. The predicted molar refractivity (Wildman–Crippen MR) is 66.5 cm³/mol. The van der Waals surface area contributed by atoms with E-state index in [1.165, 1.54) is 24.8 Å². The lowest BCUT2D eigenvalue weighted by Crippen LogP contribution is -2.11. The molecular weight excluding hydrogens is 180 g/mol. The molecule has 0 nitrogen and oxygen atoms in total. The van der Waals surface area contributed by atoms with Crippen molar-refractivity contribution in [2.24, 2.45) is 0 Å². The Kier molecular flexibility index (Phi) is 2.62. The summed E-state index contributed by atoms with van der Waals surface area (Å²) in [6.45, 7) is 9.18. The van der Waals surface area contributed by atoms with Crippen LogP contribution in [0.15, 0.2) is 18.2 Å². The quantitative estimate of drug-likeness (QED) is 0.632. The fourth-order valence-electron chi connectivity index (χ4n) is 2.60. The number of hydrogen-bond donors (Lipinski definition) is 0. The van der Waals surface area contributed by atoms with E-state index >= 15 is 0 Å². The second kappa shape index (κ2) is 3.66. The first-order valence-electron chi connectivity index (χ1n) is 6.15. The summed E-state index contributed by atoms with van der Waals surface area (Å²) in [5.41, 5.74) is 5.00. The molecule has 1 atom stereocenters. The van der Waals surface area contributed by atoms with Crippen LogP contribution in [0, 0.1) is 0 Å². The third-order valence-electron chi connectivity index (χ3n) is 3.70. The highest BCUT2D eigenvalue weighted by Crippen LogP contribution is 2.37. The highest BCUT2D eigenvalue weighted by molar-refractivity contribution is 5.40. The summed E-state index contributed by atoms with van der Waals surface area (Å²) in [4.78, 5) is 0. The Morgan fingerprint density at radius 3 is 2.60 bits per heavy atom. The number of hydrogen-bond acceptors (Lipinski definition) is 0. The van der Waals surface area contributed by atoms with Crippen molar-refractivity contribution in [1.82, 2.24) is 0 Å². The van der Waals surface area contributed by atoms with Gasteiger partial charge in [0.25, 0.3) is 0 Å².